The maximum atomic E-state index is 13.0. The first-order valence-corrected chi connectivity index (χ1v) is 9.49. The van der Waals surface area contributed by atoms with E-state index in [0.29, 0.717) is 31.8 Å². The number of imide groups is 1. The number of thioether (sulfide) groups is 1. The molecule has 2 aromatic carbocycles. The SMILES string of the molecule is CCSC1=C(c2ccc(Cl)cc2)C(=O)N(Cc2ccccc2Cl)C1=O. The molecule has 2 amide bonds. The van der Waals surface area contributed by atoms with E-state index in [-0.39, 0.29) is 18.4 Å². The first-order chi connectivity index (χ1) is 12.0. The van der Waals surface area contributed by atoms with E-state index in [1.165, 1.54) is 16.7 Å². The summed E-state index contributed by atoms with van der Waals surface area (Å²) in [6, 6.07) is 14.2. The molecule has 0 saturated heterocycles. The van der Waals surface area contributed by atoms with Gasteiger partial charge in [0.05, 0.1) is 17.0 Å². The van der Waals surface area contributed by atoms with Gasteiger partial charge in [-0.05, 0) is 35.1 Å². The van der Waals surface area contributed by atoms with Crippen LogP contribution < -0.4 is 0 Å². The van der Waals surface area contributed by atoms with Crippen molar-refractivity contribution in [3.63, 3.8) is 0 Å². The lowest BCUT2D eigenvalue weighted by molar-refractivity contribution is -0.137. The van der Waals surface area contributed by atoms with Crippen LogP contribution in [0, 0.1) is 0 Å². The van der Waals surface area contributed by atoms with E-state index in [1.807, 2.05) is 25.1 Å². The van der Waals surface area contributed by atoms with Gasteiger partial charge < -0.3 is 0 Å². The van der Waals surface area contributed by atoms with Gasteiger partial charge in [-0.25, -0.2) is 0 Å². The molecule has 0 radical (unpaired) electrons. The van der Waals surface area contributed by atoms with Crippen LogP contribution in [0.1, 0.15) is 18.1 Å². The first kappa shape index (κ1) is 18.1. The molecule has 25 heavy (non-hydrogen) atoms. The summed E-state index contributed by atoms with van der Waals surface area (Å²) in [6.45, 7) is 2.10. The van der Waals surface area contributed by atoms with Crippen LogP contribution in [0.15, 0.2) is 53.4 Å². The van der Waals surface area contributed by atoms with Crippen molar-refractivity contribution in [2.45, 2.75) is 13.5 Å². The van der Waals surface area contributed by atoms with E-state index >= 15 is 0 Å². The summed E-state index contributed by atoms with van der Waals surface area (Å²) < 4.78 is 0. The summed E-state index contributed by atoms with van der Waals surface area (Å²) in [5.74, 6) is 0.121. The number of amides is 2. The predicted octanol–water partition coefficient (Wildman–Crippen LogP) is 5.03. The molecule has 1 heterocycles. The van der Waals surface area contributed by atoms with Crippen LogP contribution in [0.25, 0.3) is 5.57 Å². The molecule has 0 atom stereocenters. The molecule has 0 spiro atoms. The monoisotopic (exact) mass is 391 g/mol. The fourth-order valence-electron chi connectivity index (χ4n) is 2.64. The highest BCUT2D eigenvalue weighted by atomic mass is 35.5. The van der Waals surface area contributed by atoms with E-state index in [2.05, 4.69) is 0 Å². The van der Waals surface area contributed by atoms with Crippen molar-refractivity contribution < 1.29 is 9.59 Å². The third-order valence-corrected chi connectivity index (χ3v) is 5.41. The van der Waals surface area contributed by atoms with Gasteiger partial charge in [0, 0.05) is 10.0 Å². The van der Waals surface area contributed by atoms with Gasteiger partial charge in [0.15, 0.2) is 0 Å². The molecule has 3 rings (SSSR count). The topological polar surface area (TPSA) is 37.4 Å². The Labute approximate surface area is 160 Å². The van der Waals surface area contributed by atoms with Gasteiger partial charge in [0.1, 0.15) is 0 Å². The normalized spacial score (nSPS) is 14.6. The minimum absolute atomic E-state index is 0.155. The fourth-order valence-corrected chi connectivity index (χ4v) is 3.84. The zero-order chi connectivity index (χ0) is 18.0. The Bertz CT molecular complexity index is 862. The molecule has 1 aliphatic rings. The fraction of sp³-hybridized carbons (Fsp3) is 0.158. The summed E-state index contributed by atoms with van der Waals surface area (Å²) in [6.07, 6.45) is 0. The van der Waals surface area contributed by atoms with Crippen molar-refractivity contribution in [2.75, 3.05) is 5.75 Å². The highest BCUT2D eigenvalue weighted by Crippen LogP contribution is 2.37. The van der Waals surface area contributed by atoms with Gasteiger partial charge in [0.2, 0.25) is 0 Å². The molecule has 3 nitrogen and oxygen atoms in total. The van der Waals surface area contributed by atoms with E-state index in [9.17, 15) is 9.59 Å². The summed E-state index contributed by atoms with van der Waals surface area (Å²) in [5.41, 5.74) is 1.87. The minimum Gasteiger partial charge on any atom is -0.269 e. The Morgan fingerprint density at radius 1 is 0.960 bits per heavy atom. The summed E-state index contributed by atoms with van der Waals surface area (Å²) >= 11 is 13.5. The molecular weight excluding hydrogens is 377 g/mol. The van der Waals surface area contributed by atoms with Crippen LogP contribution in [-0.4, -0.2) is 22.5 Å². The number of nitrogens with zero attached hydrogens (tertiary/aromatic N) is 1. The number of hydrogen-bond donors (Lipinski definition) is 0. The third-order valence-electron chi connectivity index (χ3n) is 3.83. The smallest absolute Gasteiger partial charge is 0.268 e. The zero-order valence-corrected chi connectivity index (χ0v) is 15.8. The molecular formula is C19H15Cl2NO2S. The van der Waals surface area contributed by atoms with Gasteiger partial charge in [-0.15, -0.1) is 11.8 Å². The van der Waals surface area contributed by atoms with E-state index in [4.69, 9.17) is 23.2 Å². The number of carbonyl (C=O) groups excluding carboxylic acids is 2. The summed E-state index contributed by atoms with van der Waals surface area (Å²) in [4.78, 5) is 27.5. The number of carbonyl (C=O) groups is 2. The van der Waals surface area contributed by atoms with E-state index < -0.39 is 0 Å². The molecule has 0 bridgehead atoms. The van der Waals surface area contributed by atoms with Gasteiger partial charge in [-0.2, -0.15) is 0 Å². The van der Waals surface area contributed by atoms with Crippen LogP contribution in [-0.2, 0) is 16.1 Å². The van der Waals surface area contributed by atoms with Crippen molar-refractivity contribution in [3.05, 3.63) is 74.6 Å². The largest absolute Gasteiger partial charge is 0.269 e. The van der Waals surface area contributed by atoms with Crippen molar-refractivity contribution in [2.24, 2.45) is 0 Å². The molecule has 0 aliphatic carbocycles. The summed E-state index contributed by atoms with van der Waals surface area (Å²) in [5, 5.41) is 1.12. The number of rotatable bonds is 5. The lowest BCUT2D eigenvalue weighted by Gasteiger charge is -2.16. The lowest BCUT2D eigenvalue weighted by atomic mass is 10.1. The van der Waals surface area contributed by atoms with Gasteiger partial charge in [-0.1, -0.05) is 60.5 Å². The molecule has 128 valence electrons. The van der Waals surface area contributed by atoms with Crippen LogP contribution >= 0.6 is 35.0 Å². The molecule has 0 saturated carbocycles. The second kappa shape index (κ2) is 7.65. The average Bonchev–Trinajstić information content (AvgIpc) is 2.83. The van der Waals surface area contributed by atoms with Crippen LogP contribution in [0.5, 0.6) is 0 Å². The molecule has 0 N–H and O–H groups in total. The molecule has 0 fully saturated rings. The molecule has 6 heteroatoms. The minimum atomic E-state index is -0.303. The second-order valence-electron chi connectivity index (χ2n) is 5.43. The van der Waals surface area contributed by atoms with Crippen molar-refractivity contribution in [1.82, 2.24) is 4.90 Å². The van der Waals surface area contributed by atoms with Crippen LogP contribution in [0.3, 0.4) is 0 Å². The first-order valence-electron chi connectivity index (χ1n) is 7.75. The number of benzene rings is 2. The Morgan fingerprint density at radius 2 is 1.64 bits per heavy atom. The third kappa shape index (κ3) is 3.61. The lowest BCUT2D eigenvalue weighted by Crippen LogP contribution is -2.31. The van der Waals surface area contributed by atoms with Crippen molar-refractivity contribution >= 4 is 52.4 Å². The van der Waals surface area contributed by atoms with Crippen LogP contribution in [0.4, 0.5) is 0 Å². The van der Waals surface area contributed by atoms with E-state index in [0.717, 1.165) is 5.56 Å². The van der Waals surface area contributed by atoms with Gasteiger partial charge in [-0.3, -0.25) is 14.5 Å². The Morgan fingerprint density at radius 3 is 2.28 bits per heavy atom. The van der Waals surface area contributed by atoms with Crippen molar-refractivity contribution in [3.8, 4) is 0 Å². The average molecular weight is 392 g/mol. The van der Waals surface area contributed by atoms with Crippen molar-refractivity contribution in [1.29, 1.82) is 0 Å². The van der Waals surface area contributed by atoms with Gasteiger partial charge >= 0.3 is 0 Å². The van der Waals surface area contributed by atoms with Gasteiger partial charge in [0.25, 0.3) is 11.8 Å². The standard InChI is InChI=1S/C19H15Cl2NO2S/c1-2-25-17-16(12-7-9-14(20)10-8-12)18(23)22(19(17)24)11-13-5-3-4-6-15(13)21/h3-10H,2,11H2,1H3. The number of halogens is 2. The van der Waals surface area contributed by atoms with Crippen LogP contribution in [0.2, 0.25) is 10.0 Å². The molecule has 0 unspecified atom stereocenters. The molecule has 1 aliphatic heterocycles. The zero-order valence-electron chi connectivity index (χ0n) is 13.5. The Balaban J connectivity index is 1.98. The highest BCUT2D eigenvalue weighted by molar-refractivity contribution is 8.04. The molecule has 0 aromatic heterocycles. The Hall–Kier alpha value is -1.75. The number of hydrogen-bond acceptors (Lipinski definition) is 3. The quantitative estimate of drug-likeness (QED) is 0.670. The summed E-state index contributed by atoms with van der Waals surface area (Å²) in [7, 11) is 0. The predicted molar refractivity (Wildman–Crippen MR) is 104 cm³/mol. The maximum Gasteiger partial charge on any atom is 0.268 e. The maximum absolute atomic E-state index is 13.0. The Kier molecular flexibility index (Phi) is 5.52. The highest BCUT2D eigenvalue weighted by Gasteiger charge is 2.39. The van der Waals surface area contributed by atoms with E-state index in [1.54, 1.807) is 30.3 Å². The molecule has 2 aromatic rings. The second-order valence-corrected chi connectivity index (χ2v) is 7.55.